The normalized spacial score (nSPS) is 15.1. The molecular formula is C20H28N2O4. The van der Waals surface area contributed by atoms with Crippen LogP contribution in [0.5, 0.6) is 11.5 Å². The average Bonchev–Trinajstić information content (AvgIpc) is 2.65. The van der Waals surface area contributed by atoms with Crippen LogP contribution in [-0.4, -0.2) is 50.1 Å². The number of amides is 2. The maximum absolute atomic E-state index is 12.4. The van der Waals surface area contributed by atoms with Gasteiger partial charge in [-0.1, -0.05) is 6.07 Å². The third-order valence-electron chi connectivity index (χ3n) is 4.47. The number of nitrogens with zero attached hydrogens (tertiary/aromatic N) is 1. The van der Waals surface area contributed by atoms with Gasteiger partial charge in [-0.25, -0.2) is 0 Å². The molecule has 1 saturated heterocycles. The molecule has 26 heavy (non-hydrogen) atoms. The molecular weight excluding hydrogens is 332 g/mol. The second-order valence-electron chi connectivity index (χ2n) is 6.38. The molecule has 6 nitrogen and oxygen atoms in total. The second kappa shape index (κ2) is 9.85. The first-order chi connectivity index (χ1) is 12.5. The lowest BCUT2D eigenvalue weighted by molar-refractivity contribution is -0.127. The number of carbonyl (C=O) groups excluding carboxylic acids is 2. The zero-order chi connectivity index (χ0) is 18.9. The molecule has 1 aliphatic rings. The van der Waals surface area contributed by atoms with Gasteiger partial charge in [0.25, 0.3) is 0 Å². The summed E-state index contributed by atoms with van der Waals surface area (Å²) in [5.74, 6) is 1.80. The molecule has 0 unspecified atom stereocenters. The standard InChI is InChI=1S/C20H28N2O4/c1-4-26-19-13-16(5-7-18(19)25-3)6-8-20(24)22-11-9-17(10-12-22)14-21-15(2)23/h5-8,13,17H,4,9-12,14H2,1-3H3,(H,21,23). The first kappa shape index (κ1) is 19.8. The minimum Gasteiger partial charge on any atom is -0.493 e. The van der Waals surface area contributed by atoms with E-state index >= 15 is 0 Å². The number of likely N-dealkylation sites (tertiary alicyclic amines) is 1. The minimum absolute atomic E-state index is 0.00245. The number of ether oxygens (including phenoxy) is 2. The molecule has 6 heteroatoms. The van der Waals surface area contributed by atoms with E-state index in [1.54, 1.807) is 19.3 Å². The molecule has 0 aromatic heterocycles. The van der Waals surface area contributed by atoms with Crippen LogP contribution in [0.4, 0.5) is 0 Å². The second-order valence-corrected chi connectivity index (χ2v) is 6.38. The van der Waals surface area contributed by atoms with Crippen molar-refractivity contribution in [3.05, 3.63) is 29.8 Å². The third-order valence-corrected chi connectivity index (χ3v) is 4.47. The molecule has 0 atom stereocenters. The number of rotatable bonds is 7. The molecule has 2 amide bonds. The molecule has 1 heterocycles. The third kappa shape index (κ3) is 5.79. The van der Waals surface area contributed by atoms with Crippen molar-refractivity contribution < 1.29 is 19.1 Å². The fourth-order valence-electron chi connectivity index (χ4n) is 2.98. The molecule has 0 spiro atoms. The van der Waals surface area contributed by atoms with Gasteiger partial charge >= 0.3 is 0 Å². The Bertz CT molecular complexity index is 649. The van der Waals surface area contributed by atoms with Crippen molar-refractivity contribution in [2.45, 2.75) is 26.7 Å². The molecule has 0 saturated carbocycles. The molecule has 142 valence electrons. The van der Waals surface area contributed by atoms with Gasteiger partial charge in [-0.3, -0.25) is 9.59 Å². The summed E-state index contributed by atoms with van der Waals surface area (Å²) in [5.41, 5.74) is 0.892. The number of methoxy groups -OCH3 is 1. The van der Waals surface area contributed by atoms with Crippen LogP contribution in [0.1, 0.15) is 32.3 Å². The number of hydrogen-bond donors (Lipinski definition) is 1. The fraction of sp³-hybridized carbons (Fsp3) is 0.500. The average molecular weight is 360 g/mol. The van der Waals surface area contributed by atoms with Crippen molar-refractivity contribution in [3.63, 3.8) is 0 Å². The molecule has 1 aromatic carbocycles. The highest BCUT2D eigenvalue weighted by Gasteiger charge is 2.21. The number of benzene rings is 1. The summed E-state index contributed by atoms with van der Waals surface area (Å²) in [5, 5.41) is 2.85. The highest BCUT2D eigenvalue weighted by molar-refractivity contribution is 5.92. The Labute approximate surface area is 155 Å². The van der Waals surface area contributed by atoms with E-state index in [1.165, 1.54) is 6.92 Å². The number of piperidine rings is 1. The molecule has 1 N–H and O–H groups in total. The van der Waals surface area contributed by atoms with E-state index < -0.39 is 0 Å². The van der Waals surface area contributed by atoms with Crippen LogP contribution in [0, 0.1) is 5.92 Å². The Kier molecular flexibility index (Phi) is 7.51. The Morgan fingerprint density at radius 2 is 2.00 bits per heavy atom. The lowest BCUT2D eigenvalue weighted by atomic mass is 9.96. The number of carbonyl (C=O) groups is 2. The minimum atomic E-state index is -0.00245. The van der Waals surface area contributed by atoms with Gasteiger partial charge in [-0.2, -0.15) is 0 Å². The highest BCUT2D eigenvalue weighted by atomic mass is 16.5. The predicted molar refractivity (Wildman–Crippen MR) is 101 cm³/mol. The van der Waals surface area contributed by atoms with Gasteiger partial charge < -0.3 is 19.7 Å². The van der Waals surface area contributed by atoms with Crippen LogP contribution in [-0.2, 0) is 9.59 Å². The maximum atomic E-state index is 12.4. The summed E-state index contributed by atoms with van der Waals surface area (Å²) in [4.78, 5) is 25.2. The highest BCUT2D eigenvalue weighted by Crippen LogP contribution is 2.28. The number of hydrogen-bond acceptors (Lipinski definition) is 4. The van der Waals surface area contributed by atoms with Gasteiger partial charge in [0.2, 0.25) is 11.8 Å². The molecule has 0 radical (unpaired) electrons. The zero-order valence-corrected chi connectivity index (χ0v) is 15.8. The first-order valence-electron chi connectivity index (χ1n) is 9.05. The topological polar surface area (TPSA) is 67.9 Å². The monoisotopic (exact) mass is 360 g/mol. The van der Waals surface area contributed by atoms with Crippen LogP contribution in [0.25, 0.3) is 6.08 Å². The first-order valence-corrected chi connectivity index (χ1v) is 9.05. The van der Waals surface area contributed by atoms with E-state index in [4.69, 9.17) is 9.47 Å². The van der Waals surface area contributed by atoms with E-state index in [0.29, 0.717) is 30.6 Å². The van der Waals surface area contributed by atoms with Crippen molar-refractivity contribution in [1.29, 1.82) is 0 Å². The molecule has 1 aromatic rings. The van der Waals surface area contributed by atoms with Crippen molar-refractivity contribution in [3.8, 4) is 11.5 Å². The van der Waals surface area contributed by atoms with Crippen LogP contribution in [0.15, 0.2) is 24.3 Å². The van der Waals surface area contributed by atoms with Crippen molar-refractivity contribution in [1.82, 2.24) is 10.2 Å². The lowest BCUT2D eigenvalue weighted by Crippen LogP contribution is -2.40. The van der Waals surface area contributed by atoms with Gasteiger partial charge in [-0.15, -0.1) is 0 Å². The largest absolute Gasteiger partial charge is 0.493 e. The summed E-state index contributed by atoms with van der Waals surface area (Å²) >= 11 is 0. The summed E-state index contributed by atoms with van der Waals surface area (Å²) < 4.78 is 10.8. The SMILES string of the molecule is CCOc1cc(C=CC(=O)N2CCC(CNC(C)=O)CC2)ccc1OC. The quantitative estimate of drug-likeness (QED) is 0.759. The predicted octanol–water partition coefficient (Wildman–Crippen LogP) is 2.48. The van der Waals surface area contributed by atoms with Gasteiger partial charge in [0, 0.05) is 32.6 Å². The van der Waals surface area contributed by atoms with Crippen LogP contribution < -0.4 is 14.8 Å². The van der Waals surface area contributed by atoms with Gasteiger partial charge in [0.1, 0.15) is 0 Å². The molecule has 0 bridgehead atoms. The molecule has 1 aliphatic heterocycles. The van der Waals surface area contributed by atoms with Gasteiger partial charge in [-0.05, 0) is 49.5 Å². The van der Waals surface area contributed by atoms with Crippen molar-refractivity contribution >= 4 is 17.9 Å². The van der Waals surface area contributed by atoms with Crippen LogP contribution in [0.3, 0.4) is 0 Å². The Morgan fingerprint density at radius 3 is 2.62 bits per heavy atom. The van der Waals surface area contributed by atoms with E-state index in [0.717, 1.165) is 31.5 Å². The summed E-state index contributed by atoms with van der Waals surface area (Å²) in [6.45, 7) is 6.14. The lowest BCUT2D eigenvalue weighted by Gasteiger charge is -2.31. The van der Waals surface area contributed by atoms with E-state index in [-0.39, 0.29) is 11.8 Å². The van der Waals surface area contributed by atoms with Crippen LogP contribution >= 0.6 is 0 Å². The Morgan fingerprint density at radius 1 is 1.27 bits per heavy atom. The van der Waals surface area contributed by atoms with E-state index in [9.17, 15) is 9.59 Å². The molecule has 0 aliphatic carbocycles. The van der Waals surface area contributed by atoms with Gasteiger partial charge in [0.15, 0.2) is 11.5 Å². The van der Waals surface area contributed by atoms with Crippen LogP contribution in [0.2, 0.25) is 0 Å². The van der Waals surface area contributed by atoms with Crippen molar-refractivity contribution in [2.24, 2.45) is 5.92 Å². The maximum Gasteiger partial charge on any atom is 0.246 e. The molecule has 2 rings (SSSR count). The van der Waals surface area contributed by atoms with E-state index in [1.807, 2.05) is 30.0 Å². The van der Waals surface area contributed by atoms with Crippen molar-refractivity contribution in [2.75, 3.05) is 33.4 Å². The van der Waals surface area contributed by atoms with E-state index in [2.05, 4.69) is 5.32 Å². The number of nitrogens with one attached hydrogen (secondary N) is 1. The zero-order valence-electron chi connectivity index (χ0n) is 15.8. The smallest absolute Gasteiger partial charge is 0.246 e. The Balaban J connectivity index is 1.89. The molecule has 1 fully saturated rings. The fourth-order valence-corrected chi connectivity index (χ4v) is 2.98. The van der Waals surface area contributed by atoms with Gasteiger partial charge in [0.05, 0.1) is 13.7 Å². The summed E-state index contributed by atoms with van der Waals surface area (Å²) in [6.07, 6.45) is 5.23. The summed E-state index contributed by atoms with van der Waals surface area (Å²) in [7, 11) is 1.60. The summed E-state index contributed by atoms with van der Waals surface area (Å²) in [6, 6.07) is 5.60. The Hall–Kier alpha value is -2.50.